The molecule has 4 unspecified atom stereocenters. The zero-order chi connectivity index (χ0) is 14.8. The van der Waals surface area contributed by atoms with Crippen molar-refractivity contribution in [2.75, 3.05) is 6.54 Å². The zero-order valence-corrected chi connectivity index (χ0v) is 13.8. The van der Waals surface area contributed by atoms with E-state index in [1.165, 1.54) is 55.3 Å². The number of hydrogen-bond donors (Lipinski definition) is 2. The molecule has 1 aliphatic carbocycles. The van der Waals surface area contributed by atoms with Gasteiger partial charge in [-0.3, -0.25) is 0 Å². The van der Waals surface area contributed by atoms with Gasteiger partial charge in [0.1, 0.15) is 0 Å². The fourth-order valence-electron chi connectivity index (χ4n) is 4.48. The fourth-order valence-corrected chi connectivity index (χ4v) is 4.48. The van der Waals surface area contributed by atoms with Crippen LogP contribution in [0.4, 0.5) is 0 Å². The third kappa shape index (κ3) is 3.32. The summed E-state index contributed by atoms with van der Waals surface area (Å²) in [5, 5.41) is 7.66. The molecule has 1 aromatic carbocycles. The highest BCUT2D eigenvalue weighted by molar-refractivity contribution is 5.32. The minimum absolute atomic E-state index is 0.456. The van der Waals surface area contributed by atoms with E-state index in [1.807, 2.05) is 0 Å². The summed E-state index contributed by atoms with van der Waals surface area (Å²) >= 11 is 0. The number of aryl methyl sites for hydroxylation is 2. The van der Waals surface area contributed by atoms with Gasteiger partial charge in [0.15, 0.2) is 0 Å². The predicted molar refractivity (Wildman–Crippen MR) is 89.6 cm³/mol. The van der Waals surface area contributed by atoms with Gasteiger partial charge in [-0.15, -0.1) is 0 Å². The SMILES string of the molecule is Cc1ccc(C(C)NC2CCCC2C2CCCN2)c(C)c1. The van der Waals surface area contributed by atoms with Crippen LogP contribution in [-0.2, 0) is 0 Å². The normalized spacial score (nSPS) is 30.7. The smallest absolute Gasteiger partial charge is 0.0297 e. The molecule has 2 fully saturated rings. The molecule has 4 atom stereocenters. The molecule has 0 aromatic heterocycles. The van der Waals surface area contributed by atoms with Crippen molar-refractivity contribution in [3.05, 3.63) is 34.9 Å². The maximum absolute atomic E-state index is 3.94. The van der Waals surface area contributed by atoms with Gasteiger partial charge in [-0.05, 0) is 70.0 Å². The summed E-state index contributed by atoms with van der Waals surface area (Å²) in [5.41, 5.74) is 4.24. The van der Waals surface area contributed by atoms with Crippen LogP contribution in [0, 0.1) is 19.8 Å². The third-order valence-corrected chi connectivity index (χ3v) is 5.54. The Morgan fingerprint density at radius 1 is 1.14 bits per heavy atom. The average Bonchev–Trinajstić information content (AvgIpc) is 3.08. The topological polar surface area (TPSA) is 24.1 Å². The van der Waals surface area contributed by atoms with Gasteiger partial charge in [0.2, 0.25) is 0 Å². The van der Waals surface area contributed by atoms with Crippen molar-refractivity contribution < 1.29 is 0 Å². The van der Waals surface area contributed by atoms with E-state index in [0.717, 1.165) is 12.0 Å². The fraction of sp³-hybridized carbons (Fsp3) is 0.684. The van der Waals surface area contributed by atoms with Gasteiger partial charge >= 0.3 is 0 Å². The highest BCUT2D eigenvalue weighted by Crippen LogP contribution is 2.33. The number of rotatable bonds is 4. The standard InChI is InChI=1S/C19H30N2/c1-13-9-10-16(14(2)12-13)15(3)21-19-7-4-6-17(19)18-8-5-11-20-18/h9-10,12,15,17-21H,4-8,11H2,1-3H3. The van der Waals surface area contributed by atoms with E-state index in [-0.39, 0.29) is 0 Å². The van der Waals surface area contributed by atoms with Gasteiger partial charge in [0.25, 0.3) is 0 Å². The molecule has 1 saturated carbocycles. The van der Waals surface area contributed by atoms with Crippen LogP contribution < -0.4 is 10.6 Å². The van der Waals surface area contributed by atoms with Crippen molar-refractivity contribution in [1.29, 1.82) is 0 Å². The molecule has 1 aromatic rings. The van der Waals surface area contributed by atoms with E-state index in [1.54, 1.807) is 0 Å². The van der Waals surface area contributed by atoms with Gasteiger partial charge in [0, 0.05) is 18.1 Å². The van der Waals surface area contributed by atoms with Crippen LogP contribution >= 0.6 is 0 Å². The lowest BCUT2D eigenvalue weighted by Gasteiger charge is -2.30. The maximum atomic E-state index is 3.94. The van der Waals surface area contributed by atoms with Crippen LogP contribution in [0.25, 0.3) is 0 Å². The first kappa shape index (κ1) is 15.1. The van der Waals surface area contributed by atoms with Gasteiger partial charge in [-0.1, -0.05) is 30.2 Å². The van der Waals surface area contributed by atoms with E-state index in [0.29, 0.717) is 12.1 Å². The Balaban J connectivity index is 1.67. The Bertz CT molecular complexity index is 476. The van der Waals surface area contributed by atoms with Gasteiger partial charge in [-0.25, -0.2) is 0 Å². The van der Waals surface area contributed by atoms with Crippen LogP contribution in [-0.4, -0.2) is 18.6 Å². The van der Waals surface area contributed by atoms with Crippen LogP contribution in [0.5, 0.6) is 0 Å². The van der Waals surface area contributed by atoms with Crippen molar-refractivity contribution in [1.82, 2.24) is 10.6 Å². The second kappa shape index (κ2) is 6.50. The molecule has 1 heterocycles. The summed E-state index contributed by atoms with van der Waals surface area (Å²) in [6, 6.07) is 8.76. The maximum Gasteiger partial charge on any atom is 0.0297 e. The summed E-state index contributed by atoms with van der Waals surface area (Å²) in [4.78, 5) is 0. The summed E-state index contributed by atoms with van der Waals surface area (Å²) in [6.07, 6.45) is 6.87. The molecule has 2 heteroatoms. The Morgan fingerprint density at radius 3 is 2.71 bits per heavy atom. The van der Waals surface area contributed by atoms with Gasteiger partial charge < -0.3 is 10.6 Å². The first-order valence-electron chi connectivity index (χ1n) is 8.72. The second-order valence-electron chi connectivity index (χ2n) is 7.15. The van der Waals surface area contributed by atoms with E-state index in [2.05, 4.69) is 49.6 Å². The average molecular weight is 286 g/mol. The largest absolute Gasteiger partial charge is 0.314 e. The minimum Gasteiger partial charge on any atom is -0.314 e. The molecule has 3 rings (SSSR count). The summed E-state index contributed by atoms with van der Waals surface area (Å²) in [7, 11) is 0. The van der Waals surface area contributed by atoms with E-state index < -0.39 is 0 Å². The Labute approximate surface area is 129 Å². The quantitative estimate of drug-likeness (QED) is 0.878. The number of hydrogen-bond acceptors (Lipinski definition) is 2. The summed E-state index contributed by atoms with van der Waals surface area (Å²) in [5.74, 6) is 0.834. The summed E-state index contributed by atoms with van der Waals surface area (Å²) in [6.45, 7) is 7.97. The minimum atomic E-state index is 0.456. The molecule has 2 nitrogen and oxygen atoms in total. The molecule has 0 spiro atoms. The van der Waals surface area contributed by atoms with Crippen molar-refractivity contribution >= 4 is 0 Å². The van der Waals surface area contributed by atoms with Crippen molar-refractivity contribution in [2.45, 2.75) is 71.0 Å². The molecule has 0 bridgehead atoms. The molecule has 0 amide bonds. The third-order valence-electron chi connectivity index (χ3n) is 5.54. The highest BCUT2D eigenvalue weighted by Gasteiger charge is 2.35. The van der Waals surface area contributed by atoms with Gasteiger partial charge in [0.05, 0.1) is 0 Å². The zero-order valence-electron chi connectivity index (χ0n) is 13.8. The van der Waals surface area contributed by atoms with Crippen LogP contribution in [0.15, 0.2) is 18.2 Å². The van der Waals surface area contributed by atoms with Crippen molar-refractivity contribution in [2.24, 2.45) is 5.92 Å². The lowest BCUT2D eigenvalue weighted by atomic mass is 9.91. The molecule has 21 heavy (non-hydrogen) atoms. The summed E-state index contributed by atoms with van der Waals surface area (Å²) < 4.78 is 0. The number of nitrogens with one attached hydrogen (secondary N) is 2. The second-order valence-corrected chi connectivity index (χ2v) is 7.15. The van der Waals surface area contributed by atoms with Crippen molar-refractivity contribution in [3.8, 4) is 0 Å². The molecule has 1 aliphatic heterocycles. The molecule has 0 radical (unpaired) electrons. The van der Waals surface area contributed by atoms with E-state index in [9.17, 15) is 0 Å². The predicted octanol–water partition coefficient (Wildman–Crippen LogP) is 3.87. The molecule has 2 N–H and O–H groups in total. The molecular formula is C19H30N2. The monoisotopic (exact) mass is 286 g/mol. The Hall–Kier alpha value is -0.860. The van der Waals surface area contributed by atoms with Crippen LogP contribution in [0.1, 0.15) is 61.8 Å². The van der Waals surface area contributed by atoms with Gasteiger partial charge in [-0.2, -0.15) is 0 Å². The first-order valence-corrected chi connectivity index (χ1v) is 8.72. The Kier molecular flexibility index (Phi) is 4.66. The molecule has 116 valence electrons. The highest BCUT2D eigenvalue weighted by atomic mass is 15.0. The lowest BCUT2D eigenvalue weighted by Crippen LogP contribution is -2.43. The number of benzene rings is 1. The molecule has 2 aliphatic rings. The van der Waals surface area contributed by atoms with E-state index >= 15 is 0 Å². The van der Waals surface area contributed by atoms with E-state index in [4.69, 9.17) is 0 Å². The van der Waals surface area contributed by atoms with Crippen LogP contribution in [0.3, 0.4) is 0 Å². The first-order chi connectivity index (χ1) is 10.1. The van der Waals surface area contributed by atoms with Crippen LogP contribution in [0.2, 0.25) is 0 Å². The Morgan fingerprint density at radius 2 is 2.00 bits per heavy atom. The van der Waals surface area contributed by atoms with Crippen molar-refractivity contribution in [3.63, 3.8) is 0 Å². The lowest BCUT2D eigenvalue weighted by molar-refractivity contribution is 0.303. The molecular weight excluding hydrogens is 256 g/mol. The molecule has 1 saturated heterocycles.